The highest BCUT2D eigenvalue weighted by Gasteiger charge is 2.47. The zero-order valence-corrected chi connectivity index (χ0v) is 21.9. The molecular formula is C31H33NO5. The Bertz CT molecular complexity index is 1320. The molecule has 6 heteroatoms. The minimum absolute atomic E-state index is 0.0315. The minimum Gasteiger partial charge on any atom is -0.507 e. The first kappa shape index (κ1) is 26.0. The third kappa shape index (κ3) is 5.10. The molecule has 0 radical (unpaired) electrons. The number of rotatable bonds is 7. The molecule has 0 bridgehead atoms. The highest BCUT2D eigenvalue weighted by molar-refractivity contribution is 6.51. The summed E-state index contributed by atoms with van der Waals surface area (Å²) in [6.45, 7) is 8.84. The predicted octanol–water partition coefficient (Wildman–Crippen LogP) is 6.41. The van der Waals surface area contributed by atoms with Crippen molar-refractivity contribution in [1.29, 1.82) is 0 Å². The molecule has 0 aliphatic carbocycles. The molecule has 1 amide bonds. The second kappa shape index (κ2) is 10.5. The standard InChI is InChI=1S/C31H33NO5/c1-6-19-37-25-10-8-7-9-24(25)32-27(20-11-15-22(16-12-20)31(2,3)4)26(29(34)30(32)35)28(33)21-13-17-23(36-5)18-14-21/h7-18,27,33H,6,19H2,1-5H3/b28-26-. The van der Waals surface area contributed by atoms with Gasteiger partial charge in [0.05, 0.1) is 31.0 Å². The highest BCUT2D eigenvalue weighted by Crippen LogP contribution is 2.45. The molecule has 0 saturated carbocycles. The molecule has 4 rings (SSSR count). The second-order valence-electron chi connectivity index (χ2n) is 10.1. The molecule has 1 saturated heterocycles. The van der Waals surface area contributed by atoms with Crippen LogP contribution in [0.15, 0.2) is 78.4 Å². The molecule has 0 spiro atoms. The van der Waals surface area contributed by atoms with Crippen molar-refractivity contribution in [2.75, 3.05) is 18.6 Å². The summed E-state index contributed by atoms with van der Waals surface area (Å²) in [7, 11) is 1.56. The molecule has 37 heavy (non-hydrogen) atoms. The molecular weight excluding hydrogens is 466 g/mol. The Balaban J connectivity index is 1.92. The summed E-state index contributed by atoms with van der Waals surface area (Å²) < 4.78 is 11.2. The second-order valence-corrected chi connectivity index (χ2v) is 10.1. The lowest BCUT2D eigenvalue weighted by Crippen LogP contribution is -2.30. The van der Waals surface area contributed by atoms with Crippen LogP contribution in [0.25, 0.3) is 5.76 Å². The fraction of sp³-hybridized carbons (Fsp3) is 0.290. The van der Waals surface area contributed by atoms with Gasteiger partial charge in [0.2, 0.25) is 0 Å². The van der Waals surface area contributed by atoms with Crippen LogP contribution >= 0.6 is 0 Å². The van der Waals surface area contributed by atoms with Crippen molar-refractivity contribution in [3.63, 3.8) is 0 Å². The maximum Gasteiger partial charge on any atom is 0.300 e. The Labute approximate surface area is 218 Å². The number of para-hydroxylation sites is 2. The zero-order chi connectivity index (χ0) is 26.7. The Kier molecular flexibility index (Phi) is 7.39. The lowest BCUT2D eigenvalue weighted by atomic mass is 9.85. The topological polar surface area (TPSA) is 76.1 Å². The number of Topliss-reactive ketones (excluding diaryl/α,β-unsaturated/α-hetero) is 1. The summed E-state index contributed by atoms with van der Waals surface area (Å²) in [6, 6.07) is 20.9. The van der Waals surface area contributed by atoms with E-state index in [1.807, 2.05) is 37.3 Å². The molecule has 3 aromatic carbocycles. The number of methoxy groups -OCH3 is 1. The van der Waals surface area contributed by atoms with Gasteiger partial charge in [-0.2, -0.15) is 0 Å². The molecule has 1 fully saturated rings. The van der Waals surface area contributed by atoms with Crippen LogP contribution in [-0.4, -0.2) is 30.5 Å². The summed E-state index contributed by atoms with van der Waals surface area (Å²) in [5.74, 6) is -0.573. The molecule has 1 aliphatic heterocycles. The summed E-state index contributed by atoms with van der Waals surface area (Å²) in [5, 5.41) is 11.4. The van der Waals surface area contributed by atoms with E-state index in [1.54, 1.807) is 49.6 Å². The van der Waals surface area contributed by atoms with Gasteiger partial charge in [-0.1, -0.05) is 64.1 Å². The van der Waals surface area contributed by atoms with Gasteiger partial charge in [0.15, 0.2) is 0 Å². The summed E-state index contributed by atoms with van der Waals surface area (Å²) in [4.78, 5) is 28.5. The monoisotopic (exact) mass is 499 g/mol. The summed E-state index contributed by atoms with van der Waals surface area (Å²) in [6.07, 6.45) is 0.794. The van der Waals surface area contributed by atoms with Crippen LogP contribution in [0.4, 0.5) is 5.69 Å². The van der Waals surface area contributed by atoms with Gasteiger partial charge in [-0.3, -0.25) is 14.5 Å². The highest BCUT2D eigenvalue weighted by atomic mass is 16.5. The van der Waals surface area contributed by atoms with Gasteiger partial charge in [0.1, 0.15) is 17.3 Å². The van der Waals surface area contributed by atoms with E-state index in [9.17, 15) is 14.7 Å². The normalized spacial score (nSPS) is 17.2. The van der Waals surface area contributed by atoms with Crippen molar-refractivity contribution in [3.8, 4) is 11.5 Å². The molecule has 1 aliphatic rings. The van der Waals surface area contributed by atoms with Gasteiger partial charge < -0.3 is 14.6 Å². The summed E-state index contributed by atoms with van der Waals surface area (Å²) in [5.41, 5.74) is 2.71. The first-order valence-electron chi connectivity index (χ1n) is 12.4. The maximum atomic E-state index is 13.5. The Morgan fingerprint density at radius 3 is 2.19 bits per heavy atom. The average molecular weight is 500 g/mol. The van der Waals surface area contributed by atoms with Crippen LogP contribution < -0.4 is 14.4 Å². The van der Waals surface area contributed by atoms with E-state index in [4.69, 9.17) is 9.47 Å². The number of ketones is 1. The van der Waals surface area contributed by atoms with Crippen molar-refractivity contribution in [1.82, 2.24) is 0 Å². The lowest BCUT2D eigenvalue weighted by molar-refractivity contribution is -0.132. The fourth-order valence-corrected chi connectivity index (χ4v) is 4.46. The SMILES string of the molecule is CCCOc1ccccc1N1C(=O)C(=O)/C(=C(\O)c2ccc(OC)cc2)C1c1ccc(C(C)(C)C)cc1. The maximum absolute atomic E-state index is 13.5. The number of nitrogens with zero attached hydrogens (tertiary/aromatic N) is 1. The van der Waals surface area contributed by atoms with E-state index >= 15 is 0 Å². The van der Waals surface area contributed by atoms with Crippen molar-refractivity contribution in [2.24, 2.45) is 0 Å². The van der Waals surface area contributed by atoms with Crippen molar-refractivity contribution >= 4 is 23.1 Å². The van der Waals surface area contributed by atoms with E-state index in [0.717, 1.165) is 12.0 Å². The number of hydrogen-bond donors (Lipinski definition) is 1. The van der Waals surface area contributed by atoms with Crippen molar-refractivity contribution < 1.29 is 24.2 Å². The molecule has 192 valence electrons. The first-order valence-corrected chi connectivity index (χ1v) is 12.4. The van der Waals surface area contributed by atoms with E-state index in [-0.39, 0.29) is 16.7 Å². The quantitative estimate of drug-likeness (QED) is 0.231. The van der Waals surface area contributed by atoms with Crippen molar-refractivity contribution in [3.05, 3.63) is 95.1 Å². The number of ether oxygens (including phenoxy) is 2. The van der Waals surface area contributed by atoms with Gasteiger partial charge >= 0.3 is 0 Å². The van der Waals surface area contributed by atoms with Gasteiger partial charge in [-0.25, -0.2) is 0 Å². The molecule has 6 nitrogen and oxygen atoms in total. The smallest absolute Gasteiger partial charge is 0.300 e. The molecule has 1 N–H and O–H groups in total. The number of hydrogen-bond acceptors (Lipinski definition) is 5. The number of aliphatic hydroxyl groups excluding tert-OH is 1. The van der Waals surface area contributed by atoms with Gasteiger partial charge in [-0.15, -0.1) is 0 Å². The van der Waals surface area contributed by atoms with Crippen LogP contribution in [0, 0.1) is 0 Å². The van der Waals surface area contributed by atoms with Gasteiger partial charge in [0.25, 0.3) is 11.7 Å². The molecule has 1 atom stereocenters. The van der Waals surface area contributed by atoms with Crippen molar-refractivity contribution in [2.45, 2.75) is 45.6 Å². The Hall–Kier alpha value is -4.06. The third-order valence-corrected chi connectivity index (χ3v) is 6.49. The number of aliphatic hydroxyl groups is 1. The number of carbonyl (C=O) groups excluding carboxylic acids is 2. The van der Waals surface area contributed by atoms with Crippen LogP contribution in [0.1, 0.15) is 56.8 Å². The van der Waals surface area contributed by atoms with Crippen LogP contribution in [-0.2, 0) is 15.0 Å². The minimum atomic E-state index is -0.831. The van der Waals surface area contributed by atoms with E-state index in [0.29, 0.717) is 34.9 Å². The van der Waals surface area contributed by atoms with E-state index < -0.39 is 17.7 Å². The van der Waals surface area contributed by atoms with Gasteiger partial charge in [-0.05, 0) is 59.4 Å². The molecule has 3 aromatic rings. The van der Waals surface area contributed by atoms with E-state index in [1.165, 1.54) is 4.90 Å². The van der Waals surface area contributed by atoms with Gasteiger partial charge in [0, 0.05) is 5.56 Å². The fourth-order valence-electron chi connectivity index (χ4n) is 4.46. The van der Waals surface area contributed by atoms with E-state index in [2.05, 4.69) is 20.8 Å². The zero-order valence-electron chi connectivity index (χ0n) is 21.9. The van der Waals surface area contributed by atoms with Crippen LogP contribution in [0.3, 0.4) is 0 Å². The third-order valence-electron chi connectivity index (χ3n) is 6.49. The number of benzene rings is 3. The Morgan fingerprint density at radius 2 is 1.59 bits per heavy atom. The molecule has 0 aromatic heterocycles. The molecule has 1 heterocycles. The van der Waals surface area contributed by atoms with Crippen LogP contribution in [0.2, 0.25) is 0 Å². The average Bonchev–Trinajstić information content (AvgIpc) is 3.16. The number of amides is 1. The summed E-state index contributed by atoms with van der Waals surface area (Å²) >= 11 is 0. The lowest BCUT2D eigenvalue weighted by Gasteiger charge is -2.28. The first-order chi connectivity index (χ1) is 17.7. The molecule has 1 unspecified atom stereocenters. The van der Waals surface area contributed by atoms with Crippen LogP contribution in [0.5, 0.6) is 11.5 Å². The number of carbonyl (C=O) groups is 2. The largest absolute Gasteiger partial charge is 0.507 e. The number of anilines is 1. The predicted molar refractivity (Wildman–Crippen MR) is 145 cm³/mol. The Morgan fingerprint density at radius 1 is 0.946 bits per heavy atom.